The summed E-state index contributed by atoms with van der Waals surface area (Å²) in [4.78, 5) is 108. The minimum Gasteiger partial charge on any atom is -0.481 e. The van der Waals surface area contributed by atoms with Gasteiger partial charge in [0.2, 0.25) is 33.7 Å². The fourth-order valence-corrected chi connectivity index (χ4v) is 9.74. The SMILES string of the molecule is CCCC(=O)CCC(NC(=O)CC[C@H](CC(=O)CCCNC(=O)CCCS(=O)(=O)NC(=O)CCCCCCCCCCCCCCCc1nn[nH]n1)C(=O)O)C(=O)O.CCCCc1ccc(C(=O)CCCNC(=O)COCCOCC)cc1. The zero-order chi connectivity index (χ0) is 61.4. The number of aromatic nitrogens is 4. The van der Waals surface area contributed by atoms with Crippen LogP contribution in [0, 0.1) is 5.92 Å². The van der Waals surface area contributed by atoms with Crippen LogP contribution in [0.1, 0.15) is 229 Å². The number of aryl methyl sites for hydroxylation is 2. The Hall–Kier alpha value is -6.01. The number of hydrogen-bond donors (Lipinski definition) is 7. The standard InChI is InChI=1S/C39H67N7O11S.C20H31NO4/c1-2-18-31(47)24-25-33(39(54)55)41-36(50)26-23-30(38(52)53)29-32(48)19-16-27-40-35(49)22-17-28-58(56,57)44-37(51)21-15-13-11-9-7-5-3-4-6-8-10-12-14-20-34-42-45-46-43-34;1-3-5-7-17-9-11-18(12-10-17)19(22)8-6-13-21-20(23)16-25-15-14-24-4-2/h30,33H,2-29H2,1H3,(H,40,49)(H,41,50)(H,44,51)(H,52,53)(H,54,55)(H,42,43,45,46);9-12H,3-8,13-16H2,1-2H3,(H,21,23)/t30-,33?;/m1./s1. The van der Waals surface area contributed by atoms with Crippen molar-refractivity contribution in [3.05, 3.63) is 41.2 Å². The van der Waals surface area contributed by atoms with E-state index in [1.807, 2.05) is 38.1 Å². The third-order valence-electron chi connectivity index (χ3n) is 13.5. The molecule has 83 heavy (non-hydrogen) atoms. The highest BCUT2D eigenvalue weighted by atomic mass is 32.2. The van der Waals surface area contributed by atoms with Gasteiger partial charge in [0, 0.05) is 83.0 Å². The van der Waals surface area contributed by atoms with E-state index in [0.29, 0.717) is 58.5 Å². The molecule has 0 saturated heterocycles. The number of hydrogen-bond acceptors (Lipinski definition) is 16. The first-order valence-electron chi connectivity index (χ1n) is 30.2. The lowest BCUT2D eigenvalue weighted by Crippen LogP contribution is -2.41. The van der Waals surface area contributed by atoms with Gasteiger partial charge in [0.25, 0.3) is 0 Å². The lowest BCUT2D eigenvalue weighted by molar-refractivity contribution is -0.145. The van der Waals surface area contributed by atoms with Crippen LogP contribution >= 0.6 is 0 Å². The number of aromatic amines is 1. The average Bonchev–Trinajstić information content (AvgIpc) is 3.98. The molecule has 1 aromatic heterocycles. The van der Waals surface area contributed by atoms with E-state index < -0.39 is 57.4 Å². The highest BCUT2D eigenvalue weighted by Gasteiger charge is 2.25. The molecule has 2 rings (SSSR count). The Morgan fingerprint density at radius 2 is 1.17 bits per heavy atom. The number of carbonyl (C=O) groups excluding carboxylic acids is 7. The number of ether oxygens (including phenoxy) is 2. The molecule has 1 unspecified atom stereocenters. The van der Waals surface area contributed by atoms with E-state index in [1.54, 1.807) is 0 Å². The van der Waals surface area contributed by atoms with Gasteiger partial charge in [0.1, 0.15) is 24.2 Å². The van der Waals surface area contributed by atoms with Crippen LogP contribution in [0.15, 0.2) is 24.3 Å². The fraction of sp³-hybridized carbons (Fsp3) is 0.729. The van der Waals surface area contributed by atoms with Gasteiger partial charge in [-0.1, -0.05) is 120 Å². The van der Waals surface area contributed by atoms with Crippen LogP contribution in [0.5, 0.6) is 0 Å². The predicted octanol–water partition coefficient (Wildman–Crippen LogP) is 7.65. The Bertz CT molecular complexity index is 2270. The van der Waals surface area contributed by atoms with E-state index in [4.69, 9.17) is 9.47 Å². The molecular formula is C59H98N8O15S. The minimum atomic E-state index is -3.88. The highest BCUT2D eigenvalue weighted by molar-refractivity contribution is 7.90. The van der Waals surface area contributed by atoms with Crippen LogP contribution < -0.4 is 20.7 Å². The third kappa shape index (κ3) is 42.5. The van der Waals surface area contributed by atoms with Gasteiger partial charge < -0.3 is 35.6 Å². The normalized spacial score (nSPS) is 11.8. The van der Waals surface area contributed by atoms with Crippen molar-refractivity contribution in [2.24, 2.45) is 5.92 Å². The van der Waals surface area contributed by atoms with Crippen LogP contribution in [0.3, 0.4) is 0 Å². The van der Waals surface area contributed by atoms with Gasteiger partial charge in [-0.2, -0.15) is 5.21 Å². The van der Waals surface area contributed by atoms with Gasteiger partial charge in [-0.05, 0) is 76.7 Å². The number of H-pyrrole nitrogens is 1. The number of sulfonamides is 1. The summed E-state index contributed by atoms with van der Waals surface area (Å²) in [6.07, 6.45) is 19.8. The number of nitrogens with one attached hydrogen (secondary N) is 5. The molecule has 0 aliphatic heterocycles. The van der Waals surface area contributed by atoms with Gasteiger partial charge in [0.05, 0.1) is 24.9 Å². The topological polar surface area (TPSA) is 349 Å². The van der Waals surface area contributed by atoms with E-state index in [9.17, 15) is 61.8 Å². The number of carboxylic acids is 2. The molecule has 0 aliphatic carbocycles. The van der Waals surface area contributed by atoms with Crippen LogP contribution in [-0.2, 0) is 70.7 Å². The van der Waals surface area contributed by atoms with Crippen LogP contribution in [0.25, 0.3) is 0 Å². The number of ketones is 3. The van der Waals surface area contributed by atoms with Crippen molar-refractivity contribution in [1.29, 1.82) is 0 Å². The zero-order valence-electron chi connectivity index (χ0n) is 49.8. The third-order valence-corrected chi connectivity index (χ3v) is 14.8. The molecule has 0 spiro atoms. The Morgan fingerprint density at radius 1 is 0.566 bits per heavy atom. The molecule has 4 amide bonds. The van der Waals surface area contributed by atoms with Gasteiger partial charge in [-0.15, -0.1) is 10.2 Å². The summed E-state index contributed by atoms with van der Waals surface area (Å²) < 4.78 is 37.0. The number of Topliss-reactive ketones (excluding diaryl/α,β-unsaturated/α-hetero) is 3. The van der Waals surface area contributed by atoms with E-state index in [0.717, 1.165) is 56.3 Å². The molecule has 7 N–H and O–H groups in total. The molecule has 0 aliphatic rings. The van der Waals surface area contributed by atoms with Crippen LogP contribution in [0.2, 0.25) is 0 Å². The molecular weight excluding hydrogens is 1090 g/mol. The Morgan fingerprint density at radius 3 is 1.76 bits per heavy atom. The number of unbranched alkanes of at least 4 members (excludes halogenated alkanes) is 13. The van der Waals surface area contributed by atoms with Crippen molar-refractivity contribution >= 4 is 62.9 Å². The lowest BCUT2D eigenvalue weighted by Gasteiger charge is -2.16. The number of aliphatic carboxylic acids is 2. The van der Waals surface area contributed by atoms with Gasteiger partial charge in [0.15, 0.2) is 11.6 Å². The fourth-order valence-electron chi connectivity index (χ4n) is 8.67. The monoisotopic (exact) mass is 1190 g/mol. The summed E-state index contributed by atoms with van der Waals surface area (Å²) in [5, 5.41) is 40.5. The molecule has 0 bridgehead atoms. The maximum atomic E-state index is 12.4. The molecule has 2 aromatic rings. The smallest absolute Gasteiger partial charge is 0.326 e. The van der Waals surface area contributed by atoms with Crippen molar-refractivity contribution in [2.45, 2.75) is 226 Å². The summed E-state index contributed by atoms with van der Waals surface area (Å²) in [5.74, 6) is -5.60. The molecule has 1 aromatic carbocycles. The number of tetrazole rings is 1. The van der Waals surface area contributed by atoms with E-state index in [1.165, 1.54) is 63.4 Å². The largest absolute Gasteiger partial charge is 0.481 e. The number of rotatable bonds is 52. The second kappa shape index (κ2) is 48.4. The number of amides is 4. The molecule has 23 nitrogen and oxygen atoms in total. The summed E-state index contributed by atoms with van der Waals surface area (Å²) >= 11 is 0. The average molecular weight is 1190 g/mol. The molecule has 24 heteroatoms. The van der Waals surface area contributed by atoms with Crippen LogP contribution in [0.4, 0.5) is 0 Å². The first-order chi connectivity index (χ1) is 39.9. The summed E-state index contributed by atoms with van der Waals surface area (Å²) in [6, 6.07) is 6.58. The number of benzene rings is 1. The van der Waals surface area contributed by atoms with Crippen LogP contribution in [-0.4, -0.2) is 143 Å². The van der Waals surface area contributed by atoms with Gasteiger partial charge >= 0.3 is 11.9 Å². The maximum Gasteiger partial charge on any atom is 0.326 e. The van der Waals surface area contributed by atoms with Crippen molar-refractivity contribution in [3.63, 3.8) is 0 Å². The number of nitrogens with zero attached hydrogens (tertiary/aromatic N) is 3. The second-order valence-electron chi connectivity index (χ2n) is 20.9. The predicted molar refractivity (Wildman–Crippen MR) is 314 cm³/mol. The summed E-state index contributed by atoms with van der Waals surface area (Å²) in [7, 11) is -3.88. The van der Waals surface area contributed by atoms with E-state index in [-0.39, 0.29) is 101 Å². The molecule has 1 heterocycles. The first kappa shape index (κ1) is 75.0. The Balaban J connectivity index is 0.00000114. The maximum absolute atomic E-state index is 12.4. The quantitative estimate of drug-likeness (QED) is 0.0247. The summed E-state index contributed by atoms with van der Waals surface area (Å²) in [5.41, 5.74) is 2.01. The van der Waals surface area contributed by atoms with Crippen molar-refractivity contribution in [2.75, 3.05) is 45.3 Å². The Kier molecular flexibility index (Phi) is 43.7. The first-order valence-corrected chi connectivity index (χ1v) is 31.9. The van der Waals surface area contributed by atoms with Crippen molar-refractivity contribution in [3.8, 4) is 0 Å². The zero-order valence-corrected chi connectivity index (χ0v) is 50.6. The molecule has 0 fully saturated rings. The number of carbonyl (C=O) groups is 9. The number of carboxylic acid groups (broad SMARTS) is 2. The Labute approximate surface area is 491 Å². The molecule has 470 valence electrons. The second-order valence-corrected chi connectivity index (χ2v) is 22.7. The highest BCUT2D eigenvalue weighted by Crippen LogP contribution is 2.17. The molecule has 2 atom stereocenters. The molecule has 0 radical (unpaired) electrons. The lowest BCUT2D eigenvalue weighted by atomic mass is 9.95. The molecule has 0 saturated carbocycles. The van der Waals surface area contributed by atoms with Gasteiger partial charge in [-0.3, -0.25) is 43.1 Å². The minimum absolute atomic E-state index is 0.00449. The van der Waals surface area contributed by atoms with Crippen molar-refractivity contribution < 1.29 is 71.3 Å². The summed E-state index contributed by atoms with van der Waals surface area (Å²) in [6.45, 7) is 8.07. The van der Waals surface area contributed by atoms with E-state index in [2.05, 4.69) is 48.2 Å². The van der Waals surface area contributed by atoms with Gasteiger partial charge in [-0.25, -0.2) is 13.2 Å². The van der Waals surface area contributed by atoms with E-state index >= 15 is 0 Å². The van der Waals surface area contributed by atoms with Crippen molar-refractivity contribution in [1.82, 2.24) is 41.3 Å².